The first kappa shape index (κ1) is 18.3. The van der Waals surface area contributed by atoms with E-state index in [1.165, 1.54) is 4.88 Å². The van der Waals surface area contributed by atoms with Crippen LogP contribution in [0.1, 0.15) is 17.8 Å². The summed E-state index contributed by atoms with van der Waals surface area (Å²) in [5, 5.41) is 5.15. The first-order valence-corrected chi connectivity index (χ1v) is 10.2. The number of fused-ring (bicyclic) bond motifs is 1. The molecule has 0 radical (unpaired) electrons. The Balaban J connectivity index is 1.42. The highest BCUT2D eigenvalue weighted by molar-refractivity contribution is 7.10. The topological polar surface area (TPSA) is 60.0 Å². The number of benzene rings is 1. The van der Waals surface area contributed by atoms with Gasteiger partial charge in [-0.15, -0.1) is 11.3 Å². The van der Waals surface area contributed by atoms with Crippen molar-refractivity contribution < 1.29 is 19.0 Å². The molecule has 0 bridgehead atoms. The fourth-order valence-corrected chi connectivity index (χ4v) is 4.34. The standard InChI is InChI=1S/C20H24N2O4S/c1-14-19(26-17-6-3-2-5-16(17)25-14)20(23)21-13-15(18-7-4-12-27-18)22-8-10-24-11-9-22/h2-7,12,14-15,19H,8-11,13H2,1H3,(H,21,23)/t14-,15-,19+/m0/s1. The van der Waals surface area contributed by atoms with Crippen LogP contribution in [0.2, 0.25) is 0 Å². The van der Waals surface area contributed by atoms with Crippen molar-refractivity contribution in [2.75, 3.05) is 32.8 Å². The van der Waals surface area contributed by atoms with E-state index in [0.717, 1.165) is 26.3 Å². The van der Waals surface area contributed by atoms with E-state index >= 15 is 0 Å². The lowest BCUT2D eigenvalue weighted by molar-refractivity contribution is -0.133. The number of thiophene rings is 1. The Kier molecular flexibility index (Phi) is 5.61. The predicted octanol–water partition coefficient (Wildman–Crippen LogP) is 2.47. The van der Waals surface area contributed by atoms with E-state index in [0.29, 0.717) is 18.0 Å². The van der Waals surface area contributed by atoms with Crippen molar-refractivity contribution in [3.63, 3.8) is 0 Å². The quantitative estimate of drug-likeness (QED) is 0.853. The zero-order chi connectivity index (χ0) is 18.6. The molecule has 6 nitrogen and oxygen atoms in total. The van der Waals surface area contributed by atoms with Gasteiger partial charge in [0.25, 0.3) is 5.91 Å². The maximum absolute atomic E-state index is 12.8. The number of hydrogen-bond acceptors (Lipinski definition) is 6. The largest absolute Gasteiger partial charge is 0.482 e. The van der Waals surface area contributed by atoms with Gasteiger partial charge in [-0.25, -0.2) is 0 Å². The molecule has 144 valence electrons. The molecule has 3 atom stereocenters. The molecule has 0 unspecified atom stereocenters. The predicted molar refractivity (Wildman–Crippen MR) is 103 cm³/mol. The second-order valence-electron chi connectivity index (χ2n) is 6.73. The van der Waals surface area contributed by atoms with Gasteiger partial charge in [0, 0.05) is 24.5 Å². The fourth-order valence-electron chi connectivity index (χ4n) is 3.48. The molecule has 2 aromatic rings. The smallest absolute Gasteiger partial charge is 0.265 e. The zero-order valence-electron chi connectivity index (χ0n) is 15.3. The molecule has 0 spiro atoms. The minimum Gasteiger partial charge on any atom is -0.482 e. The van der Waals surface area contributed by atoms with Crippen molar-refractivity contribution in [2.24, 2.45) is 0 Å². The normalized spacial score (nSPS) is 23.6. The lowest BCUT2D eigenvalue weighted by atomic mass is 10.1. The highest BCUT2D eigenvalue weighted by Crippen LogP contribution is 2.33. The molecule has 0 aliphatic carbocycles. The molecule has 27 heavy (non-hydrogen) atoms. The summed E-state index contributed by atoms with van der Waals surface area (Å²) in [7, 11) is 0. The Hall–Kier alpha value is -2.09. The number of rotatable bonds is 5. The molecule has 1 aromatic carbocycles. The van der Waals surface area contributed by atoms with Crippen molar-refractivity contribution in [3.8, 4) is 11.5 Å². The average Bonchev–Trinajstić information content (AvgIpc) is 3.23. The summed E-state index contributed by atoms with van der Waals surface area (Å²) in [6, 6.07) is 11.8. The Morgan fingerprint density at radius 3 is 2.63 bits per heavy atom. The Bertz CT molecular complexity index is 761. The van der Waals surface area contributed by atoms with Crippen LogP contribution in [0.15, 0.2) is 41.8 Å². The lowest BCUT2D eigenvalue weighted by Crippen LogP contribution is -2.51. The van der Waals surface area contributed by atoms with Crippen LogP contribution in [0.3, 0.4) is 0 Å². The molecular formula is C20H24N2O4S. The van der Waals surface area contributed by atoms with Gasteiger partial charge in [0.15, 0.2) is 11.5 Å². The molecule has 2 aliphatic heterocycles. The molecule has 4 rings (SSSR count). The van der Waals surface area contributed by atoms with Crippen molar-refractivity contribution in [3.05, 3.63) is 46.7 Å². The number of carbonyl (C=O) groups excluding carboxylic acids is 1. The number of para-hydroxylation sites is 2. The molecule has 1 N–H and O–H groups in total. The van der Waals surface area contributed by atoms with Crippen LogP contribution in [0.25, 0.3) is 0 Å². The van der Waals surface area contributed by atoms with E-state index < -0.39 is 6.10 Å². The Morgan fingerprint density at radius 1 is 1.19 bits per heavy atom. The van der Waals surface area contributed by atoms with Crippen LogP contribution >= 0.6 is 11.3 Å². The second kappa shape index (κ2) is 8.29. The fraction of sp³-hybridized carbons (Fsp3) is 0.450. The highest BCUT2D eigenvalue weighted by atomic mass is 32.1. The Labute approximate surface area is 163 Å². The van der Waals surface area contributed by atoms with Gasteiger partial charge >= 0.3 is 0 Å². The third-order valence-electron chi connectivity index (χ3n) is 4.93. The minimum absolute atomic E-state index is 0.143. The third-order valence-corrected chi connectivity index (χ3v) is 5.90. The molecule has 1 saturated heterocycles. The number of ether oxygens (including phenoxy) is 3. The second-order valence-corrected chi connectivity index (χ2v) is 7.71. The number of nitrogens with zero attached hydrogens (tertiary/aromatic N) is 1. The van der Waals surface area contributed by atoms with E-state index in [2.05, 4.69) is 21.7 Å². The lowest BCUT2D eigenvalue weighted by Gasteiger charge is -2.35. The first-order chi connectivity index (χ1) is 13.2. The number of amides is 1. The van der Waals surface area contributed by atoms with E-state index in [1.807, 2.05) is 37.3 Å². The number of hydrogen-bond donors (Lipinski definition) is 1. The van der Waals surface area contributed by atoms with Gasteiger partial charge in [-0.1, -0.05) is 18.2 Å². The monoisotopic (exact) mass is 388 g/mol. The molecule has 7 heteroatoms. The van der Waals surface area contributed by atoms with Crippen LogP contribution < -0.4 is 14.8 Å². The summed E-state index contributed by atoms with van der Waals surface area (Å²) < 4.78 is 17.2. The van der Waals surface area contributed by atoms with Gasteiger partial charge < -0.3 is 19.5 Å². The average molecular weight is 388 g/mol. The molecule has 1 aromatic heterocycles. The highest BCUT2D eigenvalue weighted by Gasteiger charge is 2.34. The number of carbonyl (C=O) groups is 1. The molecule has 1 fully saturated rings. The van der Waals surface area contributed by atoms with Crippen LogP contribution in [-0.2, 0) is 9.53 Å². The van der Waals surface area contributed by atoms with E-state index in [4.69, 9.17) is 14.2 Å². The molecule has 3 heterocycles. The zero-order valence-corrected chi connectivity index (χ0v) is 16.1. The molecule has 0 saturated carbocycles. The van der Waals surface area contributed by atoms with Crippen LogP contribution in [0.5, 0.6) is 11.5 Å². The van der Waals surface area contributed by atoms with E-state index in [9.17, 15) is 4.79 Å². The summed E-state index contributed by atoms with van der Waals surface area (Å²) >= 11 is 1.71. The third kappa shape index (κ3) is 4.10. The molecule has 1 amide bonds. The van der Waals surface area contributed by atoms with Crippen LogP contribution in [0.4, 0.5) is 0 Å². The van der Waals surface area contributed by atoms with Gasteiger partial charge in [0.1, 0.15) is 6.10 Å². The van der Waals surface area contributed by atoms with E-state index in [-0.39, 0.29) is 18.1 Å². The van der Waals surface area contributed by atoms with Crippen molar-refractivity contribution >= 4 is 17.2 Å². The van der Waals surface area contributed by atoms with Crippen LogP contribution in [0, 0.1) is 0 Å². The minimum atomic E-state index is -0.659. The maximum atomic E-state index is 12.8. The molecular weight excluding hydrogens is 364 g/mol. The van der Waals surface area contributed by atoms with Gasteiger partial charge in [0.2, 0.25) is 6.10 Å². The van der Waals surface area contributed by atoms with Gasteiger partial charge in [-0.3, -0.25) is 9.69 Å². The summed E-state index contributed by atoms with van der Waals surface area (Å²) in [5.41, 5.74) is 0. The van der Waals surface area contributed by atoms with Gasteiger partial charge in [-0.2, -0.15) is 0 Å². The molecule has 2 aliphatic rings. The summed E-state index contributed by atoms with van der Waals surface area (Å²) in [5.74, 6) is 1.14. The Morgan fingerprint density at radius 2 is 1.93 bits per heavy atom. The number of nitrogens with one attached hydrogen (secondary N) is 1. The van der Waals surface area contributed by atoms with Gasteiger partial charge in [0.05, 0.1) is 19.3 Å². The SMILES string of the molecule is C[C@@H]1Oc2ccccc2O[C@H]1C(=O)NC[C@@H](c1cccs1)N1CCOCC1. The summed E-state index contributed by atoms with van der Waals surface area (Å²) in [4.78, 5) is 16.4. The van der Waals surface area contributed by atoms with Crippen molar-refractivity contribution in [1.29, 1.82) is 0 Å². The summed E-state index contributed by atoms with van der Waals surface area (Å²) in [6.45, 7) is 5.58. The number of morpholine rings is 1. The van der Waals surface area contributed by atoms with E-state index in [1.54, 1.807) is 11.3 Å². The van der Waals surface area contributed by atoms with Crippen molar-refractivity contribution in [1.82, 2.24) is 10.2 Å². The van der Waals surface area contributed by atoms with Crippen molar-refractivity contribution in [2.45, 2.75) is 25.2 Å². The van der Waals surface area contributed by atoms with Crippen LogP contribution in [-0.4, -0.2) is 55.9 Å². The summed E-state index contributed by atoms with van der Waals surface area (Å²) in [6.07, 6.45) is -1.00. The first-order valence-electron chi connectivity index (χ1n) is 9.27. The van der Waals surface area contributed by atoms with Gasteiger partial charge in [-0.05, 0) is 30.5 Å². The maximum Gasteiger partial charge on any atom is 0.265 e.